The summed E-state index contributed by atoms with van der Waals surface area (Å²) in [6.45, 7) is 1.10. The van der Waals surface area contributed by atoms with E-state index in [4.69, 9.17) is 14.2 Å². The van der Waals surface area contributed by atoms with Gasteiger partial charge in [-0.25, -0.2) is 0 Å². The number of nitrogens with one attached hydrogen (secondary N) is 1. The van der Waals surface area contributed by atoms with E-state index in [1.807, 2.05) is 12.1 Å². The third-order valence-corrected chi connectivity index (χ3v) is 5.02. The number of carbonyl (C=O) groups is 3. The second kappa shape index (κ2) is 9.96. The van der Waals surface area contributed by atoms with E-state index in [0.29, 0.717) is 29.2 Å². The summed E-state index contributed by atoms with van der Waals surface area (Å²) in [5.74, 6) is 0.327. The molecule has 0 atom stereocenters. The van der Waals surface area contributed by atoms with Crippen LogP contribution < -0.4 is 9.47 Å². The van der Waals surface area contributed by atoms with E-state index < -0.39 is 5.97 Å². The molecular weight excluding hydrogens is 388 g/mol. The van der Waals surface area contributed by atoms with Crippen LogP contribution in [0.3, 0.4) is 0 Å². The number of benzene rings is 1. The van der Waals surface area contributed by atoms with Crippen molar-refractivity contribution >= 4 is 17.7 Å². The highest BCUT2D eigenvalue weighted by Crippen LogP contribution is 2.23. The van der Waals surface area contributed by atoms with Gasteiger partial charge in [-0.3, -0.25) is 14.4 Å². The first-order valence-corrected chi connectivity index (χ1v) is 9.88. The molecule has 8 nitrogen and oxygen atoms in total. The zero-order valence-corrected chi connectivity index (χ0v) is 17.2. The van der Waals surface area contributed by atoms with E-state index in [2.05, 4.69) is 4.98 Å². The molecule has 1 aromatic heterocycles. The van der Waals surface area contributed by atoms with Gasteiger partial charge >= 0.3 is 5.97 Å². The van der Waals surface area contributed by atoms with Crippen LogP contribution in [-0.2, 0) is 16.0 Å². The van der Waals surface area contributed by atoms with Gasteiger partial charge in [0.15, 0.2) is 6.61 Å². The normalized spacial score (nSPS) is 13.2. The van der Waals surface area contributed by atoms with Gasteiger partial charge in [-0.15, -0.1) is 0 Å². The maximum Gasteiger partial charge on any atom is 0.306 e. The molecule has 0 aliphatic carbocycles. The zero-order valence-electron chi connectivity index (χ0n) is 17.2. The molecule has 1 aliphatic heterocycles. The number of methoxy groups -OCH3 is 2. The Morgan fingerprint density at radius 3 is 2.30 bits per heavy atom. The first-order valence-electron chi connectivity index (χ1n) is 9.88. The topological polar surface area (TPSA) is 97.9 Å². The van der Waals surface area contributed by atoms with E-state index in [1.54, 1.807) is 25.2 Å². The van der Waals surface area contributed by atoms with Gasteiger partial charge in [0.2, 0.25) is 5.78 Å². The minimum absolute atomic E-state index is 0.114. The number of aromatic nitrogens is 1. The monoisotopic (exact) mass is 414 g/mol. The zero-order chi connectivity index (χ0) is 21.5. The Balaban J connectivity index is 1.48. The number of ketones is 1. The van der Waals surface area contributed by atoms with Crippen molar-refractivity contribution in [3.05, 3.63) is 47.3 Å². The summed E-state index contributed by atoms with van der Waals surface area (Å²) in [5, 5.41) is 0. The molecule has 1 aromatic carbocycles. The van der Waals surface area contributed by atoms with Crippen molar-refractivity contribution in [3.63, 3.8) is 0 Å². The third-order valence-electron chi connectivity index (χ3n) is 5.02. The van der Waals surface area contributed by atoms with Gasteiger partial charge in [0.05, 0.1) is 14.2 Å². The number of nitrogens with zero attached hydrogens (tertiary/aromatic N) is 1. The number of aromatic amines is 1. The summed E-state index contributed by atoms with van der Waals surface area (Å²) >= 11 is 0. The number of rotatable bonds is 9. The molecule has 2 aromatic rings. The number of H-pyrrole nitrogens is 1. The van der Waals surface area contributed by atoms with E-state index in [9.17, 15) is 14.4 Å². The Hall–Kier alpha value is -3.29. The molecule has 0 bridgehead atoms. The van der Waals surface area contributed by atoms with E-state index in [-0.39, 0.29) is 24.7 Å². The average Bonchev–Trinajstić information content (AvgIpc) is 3.47. The molecule has 1 fully saturated rings. The van der Waals surface area contributed by atoms with Crippen LogP contribution in [0.5, 0.6) is 11.5 Å². The van der Waals surface area contributed by atoms with Crippen LogP contribution in [0.15, 0.2) is 30.5 Å². The highest BCUT2D eigenvalue weighted by molar-refractivity contribution is 6.01. The van der Waals surface area contributed by atoms with Gasteiger partial charge in [-0.2, -0.15) is 0 Å². The minimum atomic E-state index is -0.478. The predicted octanol–water partition coefficient (Wildman–Crippen LogP) is 2.63. The number of aryl methyl sites for hydroxylation is 1. The fourth-order valence-corrected chi connectivity index (χ4v) is 3.33. The fourth-order valence-electron chi connectivity index (χ4n) is 3.33. The van der Waals surface area contributed by atoms with Crippen molar-refractivity contribution in [3.8, 4) is 11.5 Å². The van der Waals surface area contributed by atoms with Crippen molar-refractivity contribution in [1.29, 1.82) is 0 Å². The molecule has 0 saturated carbocycles. The van der Waals surface area contributed by atoms with Crippen molar-refractivity contribution in [2.24, 2.45) is 0 Å². The molecule has 0 spiro atoms. The summed E-state index contributed by atoms with van der Waals surface area (Å²) in [7, 11) is 3.12. The lowest BCUT2D eigenvalue weighted by atomic mass is 10.1. The highest BCUT2D eigenvalue weighted by atomic mass is 16.5. The molecule has 0 unspecified atom stereocenters. The molecular formula is C22H26N2O6. The second-order valence-corrected chi connectivity index (χ2v) is 7.11. The second-order valence-electron chi connectivity index (χ2n) is 7.11. The van der Waals surface area contributed by atoms with Gasteiger partial charge < -0.3 is 24.1 Å². The number of amides is 1. The third kappa shape index (κ3) is 5.40. The van der Waals surface area contributed by atoms with Crippen molar-refractivity contribution in [2.75, 3.05) is 33.9 Å². The van der Waals surface area contributed by atoms with Gasteiger partial charge in [-0.1, -0.05) is 0 Å². The quantitative estimate of drug-likeness (QED) is 0.500. The van der Waals surface area contributed by atoms with E-state index in [0.717, 1.165) is 31.5 Å². The number of hydrogen-bond donors (Lipinski definition) is 1. The minimum Gasteiger partial charge on any atom is -0.497 e. The standard InChI is InChI=1S/C22H26N2O6/c1-28-17-9-15(10-18(12-17)29-2)5-6-21(26)30-14-20(25)16-11-19(23-13-16)22(27)24-7-3-4-8-24/h9-13,23H,3-8,14H2,1-2H3. The van der Waals surface area contributed by atoms with Crippen LogP contribution in [0.1, 0.15) is 45.7 Å². The van der Waals surface area contributed by atoms with Crippen LogP contribution in [0.4, 0.5) is 0 Å². The Morgan fingerprint density at radius 2 is 1.67 bits per heavy atom. The first-order chi connectivity index (χ1) is 14.5. The van der Waals surface area contributed by atoms with Gasteiger partial charge in [0.25, 0.3) is 5.91 Å². The maximum atomic E-state index is 12.3. The van der Waals surface area contributed by atoms with Crippen LogP contribution in [0.2, 0.25) is 0 Å². The Kier molecular flexibility index (Phi) is 7.11. The van der Waals surface area contributed by atoms with Crippen molar-refractivity contribution in [2.45, 2.75) is 25.7 Å². The Labute approximate surface area is 175 Å². The SMILES string of the molecule is COc1cc(CCC(=O)OCC(=O)c2c[nH]c(C(=O)N3CCCC3)c2)cc(OC)c1. The maximum absolute atomic E-state index is 12.3. The van der Waals surface area contributed by atoms with Gasteiger partial charge in [0.1, 0.15) is 17.2 Å². The highest BCUT2D eigenvalue weighted by Gasteiger charge is 2.22. The molecule has 1 N–H and O–H groups in total. The van der Waals surface area contributed by atoms with Gasteiger partial charge in [-0.05, 0) is 43.0 Å². The van der Waals surface area contributed by atoms with E-state index >= 15 is 0 Å². The molecule has 8 heteroatoms. The summed E-state index contributed by atoms with van der Waals surface area (Å²) in [5.41, 5.74) is 1.56. The lowest BCUT2D eigenvalue weighted by Gasteiger charge is -2.13. The molecule has 1 saturated heterocycles. The summed E-state index contributed by atoms with van der Waals surface area (Å²) in [4.78, 5) is 41.3. The van der Waals surface area contributed by atoms with Crippen molar-refractivity contribution in [1.82, 2.24) is 9.88 Å². The average molecular weight is 414 g/mol. The number of carbonyl (C=O) groups excluding carboxylic acids is 3. The number of esters is 1. The Bertz CT molecular complexity index is 892. The van der Waals surface area contributed by atoms with Crippen LogP contribution in [-0.4, -0.2) is 61.5 Å². The molecule has 2 heterocycles. The smallest absolute Gasteiger partial charge is 0.306 e. The number of ether oxygens (including phenoxy) is 3. The predicted molar refractivity (Wildman–Crippen MR) is 109 cm³/mol. The molecule has 0 radical (unpaired) electrons. The van der Waals surface area contributed by atoms with Crippen LogP contribution >= 0.6 is 0 Å². The van der Waals surface area contributed by atoms with Crippen LogP contribution in [0.25, 0.3) is 0 Å². The number of likely N-dealkylation sites (tertiary alicyclic amines) is 1. The first kappa shape index (κ1) is 21.4. The number of Topliss-reactive ketones (excluding diaryl/α,β-unsaturated/α-hetero) is 1. The molecule has 1 aliphatic rings. The molecule has 30 heavy (non-hydrogen) atoms. The molecule has 1 amide bonds. The number of hydrogen-bond acceptors (Lipinski definition) is 6. The van der Waals surface area contributed by atoms with Gasteiger partial charge in [0, 0.05) is 37.3 Å². The largest absolute Gasteiger partial charge is 0.497 e. The Morgan fingerprint density at radius 1 is 1.00 bits per heavy atom. The summed E-state index contributed by atoms with van der Waals surface area (Å²) < 4.78 is 15.5. The summed E-state index contributed by atoms with van der Waals surface area (Å²) in [6.07, 6.45) is 4.02. The van der Waals surface area contributed by atoms with Crippen LogP contribution in [0, 0.1) is 0 Å². The lowest BCUT2D eigenvalue weighted by Crippen LogP contribution is -2.27. The molecule has 3 rings (SSSR count). The fraction of sp³-hybridized carbons (Fsp3) is 0.409. The summed E-state index contributed by atoms with van der Waals surface area (Å²) in [6, 6.07) is 6.90. The van der Waals surface area contributed by atoms with Crippen molar-refractivity contribution < 1.29 is 28.6 Å². The van der Waals surface area contributed by atoms with E-state index in [1.165, 1.54) is 12.3 Å². The molecule has 160 valence electrons. The lowest BCUT2D eigenvalue weighted by molar-refractivity contribution is -0.142.